The Labute approximate surface area is 176 Å². The van der Waals surface area contributed by atoms with E-state index in [1.807, 2.05) is 44.2 Å². The Morgan fingerprint density at radius 2 is 1.53 bits per heavy atom. The molecule has 0 saturated carbocycles. The normalized spacial score (nSPS) is 18.6. The zero-order valence-electron chi connectivity index (χ0n) is 17.4. The minimum Gasteiger partial charge on any atom is -0.452 e. The third-order valence-electron chi connectivity index (χ3n) is 4.92. The summed E-state index contributed by atoms with van der Waals surface area (Å²) in [5, 5.41) is 0. The van der Waals surface area contributed by atoms with E-state index in [0.717, 1.165) is 0 Å². The van der Waals surface area contributed by atoms with Gasteiger partial charge in [-0.05, 0) is 38.1 Å². The molecule has 2 atom stereocenters. The van der Waals surface area contributed by atoms with Gasteiger partial charge in [0.1, 0.15) is 0 Å². The number of nitrogens with zero attached hydrogens (tertiary/aromatic N) is 2. The molecule has 1 saturated heterocycles. The van der Waals surface area contributed by atoms with Crippen LogP contribution in [0.3, 0.4) is 0 Å². The first-order valence-electron chi connectivity index (χ1n) is 9.89. The van der Waals surface area contributed by atoms with Gasteiger partial charge >= 0.3 is 5.97 Å². The molecule has 1 heterocycles. The standard InChI is InChI=1S/C23H26N2O5/c1-16-13-25(14-17(2)30-16)21(26)15-29-23(28)20-12-8-7-11-19(20)22(27)24(3)18-9-5-4-6-10-18/h4-12,16-17H,13-15H2,1-3H3/t16-,17-/m1/s1. The molecule has 7 nitrogen and oxygen atoms in total. The lowest BCUT2D eigenvalue weighted by molar-refractivity contribution is -0.146. The van der Waals surface area contributed by atoms with Crippen LogP contribution in [0.2, 0.25) is 0 Å². The number of anilines is 1. The molecule has 1 fully saturated rings. The Hall–Kier alpha value is -3.19. The molecule has 0 unspecified atom stereocenters. The number of rotatable bonds is 5. The van der Waals surface area contributed by atoms with Crippen molar-refractivity contribution in [2.24, 2.45) is 0 Å². The van der Waals surface area contributed by atoms with Gasteiger partial charge in [-0.15, -0.1) is 0 Å². The number of hydrogen-bond donors (Lipinski definition) is 0. The van der Waals surface area contributed by atoms with Crippen LogP contribution in [0.5, 0.6) is 0 Å². The van der Waals surface area contributed by atoms with Gasteiger partial charge in [0.25, 0.3) is 11.8 Å². The van der Waals surface area contributed by atoms with E-state index in [0.29, 0.717) is 18.8 Å². The number of carbonyl (C=O) groups is 3. The highest BCUT2D eigenvalue weighted by molar-refractivity contribution is 6.12. The second-order valence-corrected chi connectivity index (χ2v) is 7.38. The van der Waals surface area contributed by atoms with Gasteiger partial charge in [0.2, 0.25) is 0 Å². The Kier molecular flexibility index (Phi) is 6.84. The Morgan fingerprint density at radius 3 is 2.17 bits per heavy atom. The fraction of sp³-hybridized carbons (Fsp3) is 0.348. The third kappa shape index (κ3) is 5.04. The highest BCUT2D eigenvalue weighted by atomic mass is 16.5. The lowest BCUT2D eigenvalue weighted by Gasteiger charge is -2.35. The van der Waals surface area contributed by atoms with Crippen LogP contribution in [0.4, 0.5) is 5.69 Å². The van der Waals surface area contributed by atoms with Crippen molar-refractivity contribution >= 4 is 23.5 Å². The van der Waals surface area contributed by atoms with Crippen LogP contribution in [0.1, 0.15) is 34.6 Å². The molecular weight excluding hydrogens is 384 g/mol. The minimum atomic E-state index is -0.705. The maximum absolute atomic E-state index is 13.0. The van der Waals surface area contributed by atoms with Crippen LogP contribution in [-0.4, -0.2) is 61.6 Å². The maximum atomic E-state index is 13.0. The molecule has 0 radical (unpaired) electrons. The molecule has 1 aliphatic heterocycles. The first kappa shape index (κ1) is 21.5. The van der Waals surface area contributed by atoms with Crippen molar-refractivity contribution in [1.82, 2.24) is 4.90 Å². The number of morpholine rings is 1. The van der Waals surface area contributed by atoms with E-state index < -0.39 is 5.97 Å². The van der Waals surface area contributed by atoms with Crippen LogP contribution in [0.25, 0.3) is 0 Å². The summed E-state index contributed by atoms with van der Waals surface area (Å²) in [6.45, 7) is 4.32. The molecule has 7 heteroatoms. The van der Waals surface area contributed by atoms with E-state index in [9.17, 15) is 14.4 Å². The van der Waals surface area contributed by atoms with Crippen molar-refractivity contribution in [2.75, 3.05) is 31.6 Å². The smallest absolute Gasteiger partial charge is 0.339 e. The summed E-state index contributed by atoms with van der Waals surface area (Å²) in [5.41, 5.74) is 1.05. The van der Waals surface area contributed by atoms with Gasteiger partial charge < -0.3 is 19.3 Å². The molecule has 2 aromatic carbocycles. The topological polar surface area (TPSA) is 76.2 Å². The largest absolute Gasteiger partial charge is 0.452 e. The summed E-state index contributed by atoms with van der Waals surface area (Å²) in [6.07, 6.45) is -0.138. The van der Waals surface area contributed by atoms with Gasteiger partial charge in [-0.2, -0.15) is 0 Å². The van der Waals surface area contributed by atoms with Crippen molar-refractivity contribution in [3.63, 3.8) is 0 Å². The van der Waals surface area contributed by atoms with Gasteiger partial charge in [-0.25, -0.2) is 4.79 Å². The van der Waals surface area contributed by atoms with Crippen LogP contribution < -0.4 is 4.90 Å². The lowest BCUT2D eigenvalue weighted by Crippen LogP contribution is -2.49. The Bertz CT molecular complexity index is 905. The summed E-state index contributed by atoms with van der Waals surface area (Å²) in [4.78, 5) is 41.2. The monoisotopic (exact) mass is 410 g/mol. The first-order valence-corrected chi connectivity index (χ1v) is 9.89. The average molecular weight is 410 g/mol. The molecule has 0 aromatic heterocycles. The van der Waals surface area contributed by atoms with Crippen molar-refractivity contribution in [3.05, 3.63) is 65.7 Å². The van der Waals surface area contributed by atoms with Crippen molar-refractivity contribution < 1.29 is 23.9 Å². The quantitative estimate of drug-likeness (QED) is 0.709. The summed E-state index contributed by atoms with van der Waals surface area (Å²) >= 11 is 0. The molecule has 3 rings (SSSR count). The van der Waals surface area contributed by atoms with Crippen LogP contribution >= 0.6 is 0 Å². The number of benzene rings is 2. The molecule has 2 amide bonds. The van der Waals surface area contributed by atoms with Crippen LogP contribution in [0.15, 0.2) is 54.6 Å². The number of hydrogen-bond acceptors (Lipinski definition) is 5. The van der Waals surface area contributed by atoms with Gasteiger partial charge in [0.05, 0.1) is 23.3 Å². The summed E-state index contributed by atoms with van der Waals surface area (Å²) in [5.74, 6) is -1.32. The second-order valence-electron chi connectivity index (χ2n) is 7.38. The molecule has 0 aliphatic carbocycles. The summed E-state index contributed by atoms with van der Waals surface area (Å²) < 4.78 is 10.9. The van der Waals surface area contributed by atoms with Crippen LogP contribution in [-0.2, 0) is 14.3 Å². The van der Waals surface area contributed by atoms with E-state index in [4.69, 9.17) is 9.47 Å². The highest BCUT2D eigenvalue weighted by Crippen LogP contribution is 2.18. The molecule has 2 aromatic rings. The summed E-state index contributed by atoms with van der Waals surface area (Å²) in [7, 11) is 1.64. The fourth-order valence-corrected chi connectivity index (χ4v) is 3.47. The van der Waals surface area contributed by atoms with Crippen LogP contribution in [0, 0.1) is 0 Å². The first-order chi connectivity index (χ1) is 14.4. The molecular formula is C23H26N2O5. The number of amides is 2. The van der Waals surface area contributed by atoms with Gasteiger partial charge in [0.15, 0.2) is 6.61 Å². The van der Waals surface area contributed by atoms with E-state index in [1.165, 1.54) is 11.0 Å². The molecule has 0 spiro atoms. The third-order valence-corrected chi connectivity index (χ3v) is 4.92. The molecule has 1 aliphatic rings. The number of ether oxygens (including phenoxy) is 2. The fourth-order valence-electron chi connectivity index (χ4n) is 3.47. The summed E-state index contributed by atoms with van der Waals surface area (Å²) in [6, 6.07) is 15.6. The lowest BCUT2D eigenvalue weighted by atomic mass is 10.1. The van der Waals surface area contributed by atoms with E-state index in [1.54, 1.807) is 30.1 Å². The minimum absolute atomic E-state index is 0.0692. The molecule has 30 heavy (non-hydrogen) atoms. The SMILES string of the molecule is C[C@@H]1CN(C(=O)COC(=O)c2ccccc2C(=O)N(C)c2ccccc2)C[C@@H](C)O1. The van der Waals surface area contributed by atoms with Crippen molar-refractivity contribution in [1.29, 1.82) is 0 Å². The number of esters is 1. The van der Waals surface area contributed by atoms with Gasteiger partial charge in [-0.1, -0.05) is 30.3 Å². The Morgan fingerprint density at radius 1 is 0.967 bits per heavy atom. The van der Waals surface area contributed by atoms with E-state index in [-0.39, 0.29) is 41.8 Å². The zero-order chi connectivity index (χ0) is 21.7. The highest BCUT2D eigenvalue weighted by Gasteiger charge is 2.27. The van der Waals surface area contributed by atoms with E-state index in [2.05, 4.69) is 0 Å². The molecule has 158 valence electrons. The van der Waals surface area contributed by atoms with Gasteiger partial charge in [0, 0.05) is 25.8 Å². The van der Waals surface area contributed by atoms with Crippen molar-refractivity contribution in [2.45, 2.75) is 26.1 Å². The Balaban J connectivity index is 1.68. The number of carbonyl (C=O) groups excluding carboxylic acids is 3. The van der Waals surface area contributed by atoms with Crippen molar-refractivity contribution in [3.8, 4) is 0 Å². The molecule has 0 bridgehead atoms. The van der Waals surface area contributed by atoms with Gasteiger partial charge in [-0.3, -0.25) is 9.59 Å². The number of para-hydroxylation sites is 1. The predicted octanol–water partition coefficient (Wildman–Crippen LogP) is 2.76. The second kappa shape index (κ2) is 9.54. The maximum Gasteiger partial charge on any atom is 0.339 e. The average Bonchev–Trinajstić information content (AvgIpc) is 2.76. The molecule has 0 N–H and O–H groups in total. The zero-order valence-corrected chi connectivity index (χ0v) is 17.4. The van der Waals surface area contributed by atoms with E-state index >= 15 is 0 Å². The predicted molar refractivity (Wildman–Crippen MR) is 112 cm³/mol.